The number of ether oxygens (including phenoxy) is 1. The summed E-state index contributed by atoms with van der Waals surface area (Å²) in [6, 6.07) is 0. The number of hydrogen-bond donors (Lipinski definition) is 2. The maximum absolute atomic E-state index is 13.1. The van der Waals surface area contributed by atoms with Gasteiger partial charge in [0.05, 0.1) is 28.7 Å². The minimum atomic E-state index is -0.652. The van der Waals surface area contributed by atoms with Crippen LogP contribution >= 0.6 is 0 Å². The zero-order valence-corrected chi connectivity index (χ0v) is 26.7. The molecule has 4 aliphatic carbocycles. The van der Waals surface area contributed by atoms with Gasteiger partial charge in [-0.25, -0.2) is 4.98 Å². The maximum atomic E-state index is 13.1. The van der Waals surface area contributed by atoms with E-state index in [4.69, 9.17) is 9.15 Å². The summed E-state index contributed by atoms with van der Waals surface area (Å²) in [6.07, 6.45) is 15.4. The molecular formula is C36H53NO5. The number of fused-ring (bicyclic) bond motifs is 1. The Morgan fingerprint density at radius 1 is 1.21 bits per heavy atom. The number of aliphatic hydroxyl groups excluding tert-OH is 2. The normalized spacial score (nSPS) is 34.3. The molecule has 0 bridgehead atoms. The van der Waals surface area contributed by atoms with Crippen molar-refractivity contribution in [2.45, 2.75) is 136 Å². The Kier molecular flexibility index (Phi) is 8.72. The van der Waals surface area contributed by atoms with E-state index in [1.165, 1.54) is 31.3 Å². The van der Waals surface area contributed by atoms with Crippen molar-refractivity contribution in [1.29, 1.82) is 0 Å². The highest BCUT2D eigenvalue weighted by atomic mass is 16.5. The fourth-order valence-electron chi connectivity index (χ4n) is 8.44. The lowest BCUT2D eigenvalue weighted by Gasteiger charge is -2.44. The third-order valence-electron chi connectivity index (χ3n) is 11.2. The molecule has 4 saturated carbocycles. The van der Waals surface area contributed by atoms with Gasteiger partial charge in [-0.3, -0.25) is 4.79 Å². The summed E-state index contributed by atoms with van der Waals surface area (Å²) in [5.41, 5.74) is 3.51. The molecule has 232 valence electrons. The molecule has 0 aromatic carbocycles. The van der Waals surface area contributed by atoms with Crippen LogP contribution in [0.1, 0.15) is 117 Å². The van der Waals surface area contributed by atoms with E-state index in [1.54, 1.807) is 6.26 Å². The van der Waals surface area contributed by atoms with Crippen LogP contribution in [0.3, 0.4) is 0 Å². The molecule has 1 aromatic heterocycles. The molecule has 4 fully saturated rings. The van der Waals surface area contributed by atoms with Crippen LogP contribution in [0.25, 0.3) is 0 Å². The minimum Gasteiger partial charge on any atom is -0.461 e. The van der Waals surface area contributed by atoms with Crippen LogP contribution < -0.4 is 0 Å². The van der Waals surface area contributed by atoms with E-state index < -0.39 is 17.6 Å². The Hall–Kier alpha value is -2.18. The van der Waals surface area contributed by atoms with Crippen LogP contribution in [0.15, 0.2) is 46.1 Å². The van der Waals surface area contributed by atoms with Gasteiger partial charge in [-0.1, -0.05) is 38.2 Å². The molecule has 0 spiro atoms. The number of aryl methyl sites for hydroxylation is 1. The predicted molar refractivity (Wildman–Crippen MR) is 165 cm³/mol. The van der Waals surface area contributed by atoms with Crippen molar-refractivity contribution in [3.8, 4) is 0 Å². The number of hydrogen-bond acceptors (Lipinski definition) is 6. The summed E-state index contributed by atoms with van der Waals surface area (Å²) >= 11 is 0. The van der Waals surface area contributed by atoms with Crippen molar-refractivity contribution in [2.75, 3.05) is 0 Å². The number of esters is 1. The number of rotatable bonds is 8. The second kappa shape index (κ2) is 11.7. The second-order valence-electron chi connectivity index (χ2n) is 15.3. The van der Waals surface area contributed by atoms with Crippen molar-refractivity contribution >= 4 is 5.97 Å². The highest BCUT2D eigenvalue weighted by Crippen LogP contribution is 2.60. The summed E-state index contributed by atoms with van der Waals surface area (Å²) in [6.45, 7) is 16.7. The van der Waals surface area contributed by atoms with Crippen molar-refractivity contribution in [3.05, 3.63) is 53.3 Å². The Balaban J connectivity index is 1.30. The first-order chi connectivity index (χ1) is 19.7. The Morgan fingerprint density at radius 3 is 2.60 bits per heavy atom. The lowest BCUT2D eigenvalue weighted by atomic mass is 9.60. The first kappa shape index (κ1) is 31.3. The number of allylic oxidation sites excluding steroid dienone is 3. The smallest absolute Gasteiger partial charge is 0.311 e. The van der Waals surface area contributed by atoms with Crippen LogP contribution in [0.4, 0.5) is 0 Å². The second-order valence-corrected chi connectivity index (χ2v) is 15.3. The van der Waals surface area contributed by atoms with Gasteiger partial charge >= 0.3 is 5.97 Å². The van der Waals surface area contributed by atoms with Gasteiger partial charge in [0.1, 0.15) is 12.4 Å². The lowest BCUT2D eigenvalue weighted by molar-refractivity contribution is -0.161. The fraction of sp³-hybridized carbons (Fsp3) is 0.722. The van der Waals surface area contributed by atoms with Crippen LogP contribution in [0.2, 0.25) is 0 Å². The molecule has 1 heterocycles. The van der Waals surface area contributed by atoms with Gasteiger partial charge in [0.25, 0.3) is 0 Å². The molecule has 0 amide bonds. The molecule has 0 unspecified atom stereocenters. The van der Waals surface area contributed by atoms with Crippen LogP contribution in [-0.4, -0.2) is 39.5 Å². The van der Waals surface area contributed by atoms with Crippen molar-refractivity contribution in [3.63, 3.8) is 0 Å². The minimum absolute atomic E-state index is 0.153. The maximum Gasteiger partial charge on any atom is 0.311 e. The molecule has 0 saturated heterocycles. The molecule has 0 aliphatic heterocycles. The first-order valence-corrected chi connectivity index (χ1v) is 16.3. The Labute approximate surface area is 252 Å². The topological polar surface area (TPSA) is 92.8 Å². The van der Waals surface area contributed by atoms with Gasteiger partial charge < -0.3 is 19.4 Å². The van der Waals surface area contributed by atoms with Gasteiger partial charge in [0, 0.05) is 6.42 Å². The molecule has 5 rings (SSSR count). The molecular weight excluding hydrogens is 526 g/mol. The summed E-state index contributed by atoms with van der Waals surface area (Å²) in [4.78, 5) is 17.8. The van der Waals surface area contributed by atoms with Crippen LogP contribution in [0.5, 0.6) is 0 Å². The van der Waals surface area contributed by atoms with E-state index in [9.17, 15) is 15.0 Å². The lowest BCUT2D eigenvalue weighted by Crippen LogP contribution is -2.38. The molecule has 42 heavy (non-hydrogen) atoms. The summed E-state index contributed by atoms with van der Waals surface area (Å²) in [5.74, 6) is 2.26. The number of aliphatic hydroxyl groups is 2. The van der Waals surface area contributed by atoms with E-state index in [2.05, 4.69) is 37.6 Å². The van der Waals surface area contributed by atoms with Crippen molar-refractivity contribution < 1.29 is 24.2 Å². The highest BCUT2D eigenvalue weighted by Gasteiger charge is 2.57. The van der Waals surface area contributed by atoms with E-state index >= 15 is 0 Å². The SMILES string of the molecule is C=C1C(=CC=C2CCC[C@]3(C)[C@@H]([C@H](C)CC[C@H](OC(=O)C(C)(C)C)C4(c5nc(C)co5)CC4)CC[C@@H]23)C[C@@H](O)C[C@@H]1O. The van der Waals surface area contributed by atoms with Gasteiger partial charge in [-0.15, -0.1) is 0 Å². The third-order valence-corrected chi connectivity index (χ3v) is 11.2. The van der Waals surface area contributed by atoms with Crippen molar-refractivity contribution in [1.82, 2.24) is 4.98 Å². The van der Waals surface area contributed by atoms with E-state index in [-0.39, 0.29) is 22.9 Å². The first-order valence-electron chi connectivity index (χ1n) is 16.3. The van der Waals surface area contributed by atoms with Gasteiger partial charge in [-0.2, -0.15) is 0 Å². The average molecular weight is 580 g/mol. The Morgan fingerprint density at radius 2 is 1.95 bits per heavy atom. The fourth-order valence-corrected chi connectivity index (χ4v) is 8.44. The van der Waals surface area contributed by atoms with Crippen LogP contribution in [0, 0.1) is 35.5 Å². The number of oxazole rings is 1. The zero-order chi connectivity index (χ0) is 30.4. The van der Waals surface area contributed by atoms with E-state index in [1.807, 2.05) is 27.7 Å². The average Bonchev–Trinajstić information content (AvgIpc) is 3.47. The van der Waals surface area contributed by atoms with Gasteiger partial charge in [0.15, 0.2) is 0 Å². The standard InChI is InChI=1S/C36H53NO5/c1-22(10-15-31(42-33(40)34(4,5)6)36(17-18-36)32-37-23(2)21-41-32)28-13-14-29-25(9-8-16-35(28,29)7)11-12-26-19-27(38)20-30(39)24(26)3/h11-12,21-22,27-31,38-39H,3,8-10,13-20H2,1-2,4-7H3/t22-,27-,28-,29+,30+,31+,35-/m1/s1. The number of carbonyl (C=O) groups is 1. The Bertz CT molecular complexity index is 1230. The molecule has 7 atom stereocenters. The quantitative estimate of drug-likeness (QED) is 0.309. The molecule has 6 nitrogen and oxygen atoms in total. The van der Waals surface area contributed by atoms with Crippen molar-refractivity contribution in [2.24, 2.45) is 28.6 Å². The van der Waals surface area contributed by atoms with Gasteiger partial charge in [0.2, 0.25) is 5.89 Å². The number of aromatic nitrogens is 1. The third kappa shape index (κ3) is 6.08. The number of carbonyl (C=O) groups excluding carboxylic acids is 1. The molecule has 6 heteroatoms. The molecule has 1 aromatic rings. The number of nitrogens with zero attached hydrogens (tertiary/aromatic N) is 1. The summed E-state index contributed by atoms with van der Waals surface area (Å²) < 4.78 is 12.2. The largest absolute Gasteiger partial charge is 0.461 e. The monoisotopic (exact) mass is 579 g/mol. The zero-order valence-electron chi connectivity index (χ0n) is 26.7. The predicted octanol–water partition coefficient (Wildman–Crippen LogP) is 7.53. The molecule has 0 radical (unpaired) electrons. The van der Waals surface area contributed by atoms with E-state index in [0.29, 0.717) is 30.6 Å². The summed E-state index contributed by atoms with van der Waals surface area (Å²) in [5, 5.41) is 20.5. The van der Waals surface area contributed by atoms with Crippen LogP contribution in [-0.2, 0) is 14.9 Å². The molecule has 2 N–H and O–H groups in total. The highest BCUT2D eigenvalue weighted by molar-refractivity contribution is 5.75. The van der Waals surface area contributed by atoms with E-state index in [0.717, 1.165) is 54.8 Å². The molecule has 4 aliphatic rings. The summed E-state index contributed by atoms with van der Waals surface area (Å²) in [7, 11) is 0. The van der Waals surface area contributed by atoms with Gasteiger partial charge in [-0.05, 0) is 126 Å².